The van der Waals surface area contributed by atoms with E-state index in [0.717, 1.165) is 35.5 Å². The molecule has 0 aromatic heterocycles. The summed E-state index contributed by atoms with van der Waals surface area (Å²) in [7, 11) is 1.47. The van der Waals surface area contributed by atoms with Gasteiger partial charge in [0.15, 0.2) is 0 Å². The van der Waals surface area contributed by atoms with Crippen molar-refractivity contribution in [2.45, 2.75) is 33.7 Å². The predicted molar refractivity (Wildman–Crippen MR) is 149 cm³/mol. The minimum Gasteiger partial charge on any atom is -0.507 e. The standard InChI is InChI=1S/C30H31ClN2O4/c1-6-32(7-2)22-11-8-20(9-12-22)27-26(28(34)21-10-13-24(31)25(17-21)37-5)29(35)30(36)33(27)23-15-18(3)14-19(4)16-23/h8-17,27,34H,6-7H2,1-5H3/b28-26-. The molecule has 1 N–H and O–H groups in total. The summed E-state index contributed by atoms with van der Waals surface area (Å²) < 4.78 is 5.30. The fourth-order valence-corrected chi connectivity index (χ4v) is 5.12. The Morgan fingerprint density at radius 3 is 2.16 bits per heavy atom. The lowest BCUT2D eigenvalue weighted by Gasteiger charge is -2.27. The summed E-state index contributed by atoms with van der Waals surface area (Å²) in [5.41, 5.74) is 4.65. The van der Waals surface area contributed by atoms with Crippen LogP contribution in [0.4, 0.5) is 11.4 Å². The number of benzene rings is 3. The third-order valence-electron chi connectivity index (χ3n) is 6.69. The molecule has 1 amide bonds. The van der Waals surface area contributed by atoms with Gasteiger partial charge >= 0.3 is 0 Å². The monoisotopic (exact) mass is 518 g/mol. The molecule has 0 bridgehead atoms. The lowest BCUT2D eigenvalue weighted by molar-refractivity contribution is -0.132. The molecule has 0 saturated carbocycles. The Hall–Kier alpha value is -3.77. The highest BCUT2D eigenvalue weighted by atomic mass is 35.5. The number of aryl methyl sites for hydroxylation is 2. The Morgan fingerprint density at radius 1 is 0.973 bits per heavy atom. The van der Waals surface area contributed by atoms with E-state index in [-0.39, 0.29) is 11.3 Å². The number of hydrogen-bond donors (Lipinski definition) is 1. The van der Waals surface area contributed by atoms with Crippen molar-refractivity contribution in [2.75, 3.05) is 30.0 Å². The maximum Gasteiger partial charge on any atom is 0.300 e. The van der Waals surface area contributed by atoms with E-state index in [2.05, 4.69) is 18.7 Å². The van der Waals surface area contributed by atoms with E-state index >= 15 is 0 Å². The summed E-state index contributed by atoms with van der Waals surface area (Å²) in [5.74, 6) is -1.36. The summed E-state index contributed by atoms with van der Waals surface area (Å²) >= 11 is 6.18. The van der Waals surface area contributed by atoms with Crippen molar-refractivity contribution in [3.05, 3.63) is 93.5 Å². The number of carbonyl (C=O) groups is 2. The predicted octanol–water partition coefficient (Wildman–Crippen LogP) is 6.44. The molecule has 1 aliphatic rings. The normalized spacial score (nSPS) is 16.8. The van der Waals surface area contributed by atoms with Gasteiger partial charge in [0.2, 0.25) is 0 Å². The van der Waals surface area contributed by atoms with Gasteiger partial charge in [0, 0.05) is 30.0 Å². The molecule has 4 rings (SSSR count). The third kappa shape index (κ3) is 4.94. The van der Waals surface area contributed by atoms with Crippen LogP contribution < -0.4 is 14.5 Å². The van der Waals surface area contributed by atoms with Crippen molar-refractivity contribution in [3.63, 3.8) is 0 Å². The highest BCUT2D eigenvalue weighted by Crippen LogP contribution is 2.43. The van der Waals surface area contributed by atoms with Crippen LogP contribution in [-0.4, -0.2) is 37.0 Å². The molecule has 1 unspecified atom stereocenters. The van der Waals surface area contributed by atoms with E-state index < -0.39 is 17.7 Å². The number of aliphatic hydroxyl groups excluding tert-OH is 1. The Balaban J connectivity index is 1.93. The van der Waals surface area contributed by atoms with Crippen molar-refractivity contribution < 1.29 is 19.4 Å². The SMILES string of the molecule is CCN(CC)c1ccc(C2/C(=C(/O)c3ccc(Cl)c(OC)c3)C(=O)C(=O)N2c2cc(C)cc(C)c2)cc1. The number of halogens is 1. The third-order valence-corrected chi connectivity index (χ3v) is 7.00. The highest BCUT2D eigenvalue weighted by molar-refractivity contribution is 6.51. The van der Waals surface area contributed by atoms with Crippen molar-refractivity contribution >= 4 is 40.4 Å². The van der Waals surface area contributed by atoms with Gasteiger partial charge in [-0.1, -0.05) is 29.8 Å². The number of aliphatic hydroxyl groups is 1. The number of Topliss-reactive ketones (excluding diaryl/α,β-unsaturated/α-hetero) is 1. The first kappa shape index (κ1) is 26.3. The Kier molecular flexibility index (Phi) is 7.60. The van der Waals surface area contributed by atoms with Gasteiger partial charge in [-0.3, -0.25) is 14.5 Å². The van der Waals surface area contributed by atoms with Crippen LogP contribution in [0.3, 0.4) is 0 Å². The number of anilines is 2. The van der Waals surface area contributed by atoms with Crippen LogP contribution in [0, 0.1) is 13.8 Å². The molecule has 3 aromatic rings. The van der Waals surface area contributed by atoms with E-state index in [1.165, 1.54) is 12.0 Å². The summed E-state index contributed by atoms with van der Waals surface area (Å²) in [6.45, 7) is 9.78. The number of nitrogens with zero attached hydrogens (tertiary/aromatic N) is 2. The molecule has 1 heterocycles. The highest BCUT2D eigenvalue weighted by Gasteiger charge is 2.47. The van der Waals surface area contributed by atoms with E-state index in [0.29, 0.717) is 22.0 Å². The molecule has 37 heavy (non-hydrogen) atoms. The van der Waals surface area contributed by atoms with Crippen molar-refractivity contribution in [3.8, 4) is 5.75 Å². The molecule has 6 nitrogen and oxygen atoms in total. The number of ether oxygens (including phenoxy) is 1. The van der Waals surface area contributed by atoms with Crippen LogP contribution in [0.15, 0.2) is 66.2 Å². The number of carbonyl (C=O) groups excluding carboxylic acids is 2. The zero-order valence-electron chi connectivity index (χ0n) is 21.7. The molecule has 192 valence electrons. The van der Waals surface area contributed by atoms with E-state index in [9.17, 15) is 14.7 Å². The minimum atomic E-state index is -0.811. The number of methoxy groups -OCH3 is 1. The van der Waals surface area contributed by atoms with Gasteiger partial charge in [0.1, 0.15) is 11.5 Å². The van der Waals surface area contributed by atoms with Crippen LogP contribution in [0.5, 0.6) is 5.75 Å². The number of rotatable bonds is 7. The molecule has 3 aromatic carbocycles. The first-order valence-electron chi connectivity index (χ1n) is 12.3. The largest absolute Gasteiger partial charge is 0.507 e. The molecule has 7 heteroatoms. The summed E-state index contributed by atoms with van der Waals surface area (Å²) in [6, 6.07) is 17.5. The fourth-order valence-electron chi connectivity index (χ4n) is 4.92. The maximum absolute atomic E-state index is 13.5. The second-order valence-electron chi connectivity index (χ2n) is 9.13. The van der Waals surface area contributed by atoms with Gasteiger partial charge < -0.3 is 14.7 Å². The van der Waals surface area contributed by atoms with Gasteiger partial charge in [0.05, 0.1) is 23.7 Å². The molecular formula is C30H31ClN2O4. The molecule has 0 radical (unpaired) electrons. The second kappa shape index (κ2) is 10.7. The fraction of sp³-hybridized carbons (Fsp3) is 0.267. The van der Waals surface area contributed by atoms with Crippen molar-refractivity contribution in [1.29, 1.82) is 0 Å². The molecule has 1 atom stereocenters. The molecule has 1 saturated heterocycles. The second-order valence-corrected chi connectivity index (χ2v) is 9.54. The topological polar surface area (TPSA) is 70.1 Å². The molecule has 1 aliphatic heterocycles. The lowest BCUT2D eigenvalue weighted by atomic mass is 9.94. The van der Waals surface area contributed by atoms with Crippen molar-refractivity contribution in [2.24, 2.45) is 0 Å². The van der Waals surface area contributed by atoms with Crippen LogP contribution in [0.1, 0.15) is 42.1 Å². The lowest BCUT2D eigenvalue weighted by Crippen LogP contribution is -2.29. The van der Waals surface area contributed by atoms with Gasteiger partial charge in [-0.15, -0.1) is 0 Å². The number of amides is 1. The molecular weight excluding hydrogens is 488 g/mol. The average Bonchev–Trinajstić information content (AvgIpc) is 3.14. The first-order valence-corrected chi connectivity index (χ1v) is 12.7. The van der Waals surface area contributed by atoms with Crippen LogP contribution in [-0.2, 0) is 9.59 Å². The maximum atomic E-state index is 13.5. The molecule has 1 fully saturated rings. The minimum absolute atomic E-state index is 0.0177. The van der Waals surface area contributed by atoms with E-state index in [4.69, 9.17) is 16.3 Å². The average molecular weight is 519 g/mol. The number of hydrogen-bond acceptors (Lipinski definition) is 5. The van der Waals surface area contributed by atoms with E-state index in [1.807, 2.05) is 56.3 Å². The molecule has 0 spiro atoms. The summed E-state index contributed by atoms with van der Waals surface area (Å²) in [6.07, 6.45) is 0. The first-order chi connectivity index (χ1) is 17.7. The van der Waals surface area contributed by atoms with Crippen molar-refractivity contribution in [1.82, 2.24) is 0 Å². The van der Waals surface area contributed by atoms with Gasteiger partial charge in [0.25, 0.3) is 11.7 Å². The molecule has 0 aliphatic carbocycles. The Morgan fingerprint density at radius 2 is 1.59 bits per heavy atom. The zero-order chi connectivity index (χ0) is 26.9. The zero-order valence-corrected chi connectivity index (χ0v) is 22.5. The smallest absolute Gasteiger partial charge is 0.300 e. The van der Waals surface area contributed by atoms with Gasteiger partial charge in [-0.05, 0) is 86.8 Å². The van der Waals surface area contributed by atoms with Gasteiger partial charge in [-0.25, -0.2) is 0 Å². The quantitative estimate of drug-likeness (QED) is 0.221. The van der Waals surface area contributed by atoms with E-state index in [1.54, 1.807) is 18.2 Å². The van der Waals surface area contributed by atoms with Gasteiger partial charge in [-0.2, -0.15) is 0 Å². The van der Waals surface area contributed by atoms with Crippen LogP contribution in [0.2, 0.25) is 5.02 Å². The Labute approximate surface area is 222 Å². The number of ketones is 1. The van der Waals surface area contributed by atoms with Crippen LogP contribution >= 0.6 is 11.6 Å². The summed E-state index contributed by atoms with van der Waals surface area (Å²) in [4.78, 5) is 30.6. The Bertz CT molecular complexity index is 1360. The van der Waals surface area contributed by atoms with Crippen LogP contribution in [0.25, 0.3) is 5.76 Å². The summed E-state index contributed by atoms with van der Waals surface area (Å²) in [5, 5.41) is 11.8.